The van der Waals surface area contributed by atoms with Crippen molar-refractivity contribution in [1.82, 2.24) is 4.90 Å². The molecule has 0 unspecified atom stereocenters. The van der Waals surface area contributed by atoms with E-state index in [1.54, 1.807) is 19.2 Å². The Hall–Kier alpha value is -3.12. The van der Waals surface area contributed by atoms with Crippen molar-refractivity contribution in [3.8, 4) is 5.75 Å². The van der Waals surface area contributed by atoms with Gasteiger partial charge in [0.05, 0.1) is 18.8 Å². The number of hydrogen-bond acceptors (Lipinski definition) is 5. The van der Waals surface area contributed by atoms with Gasteiger partial charge in [0.15, 0.2) is 0 Å². The molecule has 164 valence electrons. The Morgan fingerprint density at radius 2 is 1.71 bits per heavy atom. The molecule has 0 radical (unpaired) electrons. The summed E-state index contributed by atoms with van der Waals surface area (Å²) in [6.07, 6.45) is 1.61. The van der Waals surface area contributed by atoms with Crippen molar-refractivity contribution in [3.05, 3.63) is 65.4 Å². The number of hydrogen-bond donors (Lipinski definition) is 1. The summed E-state index contributed by atoms with van der Waals surface area (Å²) >= 11 is 0. The Morgan fingerprint density at radius 3 is 2.35 bits per heavy atom. The summed E-state index contributed by atoms with van der Waals surface area (Å²) in [6.45, 7) is 6.78. The van der Waals surface area contributed by atoms with E-state index >= 15 is 0 Å². The highest BCUT2D eigenvalue weighted by atomic mass is 16.5. The van der Waals surface area contributed by atoms with Crippen molar-refractivity contribution in [3.63, 3.8) is 0 Å². The van der Waals surface area contributed by atoms with Gasteiger partial charge in [-0.2, -0.15) is 0 Å². The average Bonchev–Trinajstić information content (AvgIpc) is 3.00. The van der Waals surface area contributed by atoms with E-state index in [4.69, 9.17) is 9.47 Å². The molecule has 2 aromatic carbocycles. The van der Waals surface area contributed by atoms with E-state index in [1.165, 1.54) is 10.5 Å². The number of carbonyl (C=O) groups excluding carboxylic acids is 2. The van der Waals surface area contributed by atoms with E-state index in [-0.39, 0.29) is 23.6 Å². The second kappa shape index (κ2) is 10.3. The van der Waals surface area contributed by atoms with Crippen LogP contribution in [0.1, 0.15) is 38.3 Å². The minimum Gasteiger partial charge on any atom is -0.496 e. The first-order chi connectivity index (χ1) is 15.0. The lowest BCUT2D eigenvalue weighted by molar-refractivity contribution is -0.137. The molecule has 2 amide bonds. The molecule has 0 atom stereocenters. The van der Waals surface area contributed by atoms with Crippen molar-refractivity contribution < 1.29 is 19.1 Å². The van der Waals surface area contributed by atoms with Crippen molar-refractivity contribution in [1.29, 1.82) is 0 Å². The van der Waals surface area contributed by atoms with E-state index in [0.29, 0.717) is 36.5 Å². The number of rotatable bonds is 10. The van der Waals surface area contributed by atoms with Crippen LogP contribution in [0.5, 0.6) is 5.75 Å². The third-order valence-corrected chi connectivity index (χ3v) is 5.15. The molecule has 0 aromatic heterocycles. The lowest BCUT2D eigenvalue weighted by Crippen LogP contribution is -2.34. The number of imide groups is 1. The predicted molar refractivity (Wildman–Crippen MR) is 122 cm³/mol. The van der Waals surface area contributed by atoms with Crippen LogP contribution in [-0.4, -0.2) is 43.1 Å². The molecule has 0 bridgehead atoms. The second-order valence-corrected chi connectivity index (χ2v) is 7.66. The molecule has 1 N–H and O–H groups in total. The van der Waals surface area contributed by atoms with Gasteiger partial charge in [0.2, 0.25) is 0 Å². The van der Waals surface area contributed by atoms with Gasteiger partial charge in [0, 0.05) is 24.4 Å². The fraction of sp³-hybridized carbons (Fsp3) is 0.360. The first-order valence-corrected chi connectivity index (χ1v) is 10.7. The van der Waals surface area contributed by atoms with Crippen molar-refractivity contribution >= 4 is 23.1 Å². The van der Waals surface area contributed by atoms with E-state index in [1.807, 2.05) is 50.2 Å². The summed E-state index contributed by atoms with van der Waals surface area (Å²) < 4.78 is 11.0. The summed E-state index contributed by atoms with van der Waals surface area (Å²) in [5, 5.41) is 3.19. The monoisotopic (exact) mass is 422 g/mol. The Balaban J connectivity index is 1.94. The Bertz CT molecular complexity index is 964. The SMILES string of the molecule is CCc1ccc(NC2=C(c3ccccc3OC)C(=O)N(CCCOC(C)C)C2=O)cc1. The molecule has 1 heterocycles. The smallest absolute Gasteiger partial charge is 0.278 e. The van der Waals surface area contributed by atoms with Crippen LogP contribution in [-0.2, 0) is 20.7 Å². The van der Waals surface area contributed by atoms with Gasteiger partial charge < -0.3 is 14.8 Å². The number of amides is 2. The number of aryl methyl sites for hydroxylation is 1. The van der Waals surface area contributed by atoms with E-state index in [0.717, 1.165) is 12.1 Å². The number of methoxy groups -OCH3 is 1. The fourth-order valence-corrected chi connectivity index (χ4v) is 3.51. The zero-order chi connectivity index (χ0) is 22.4. The minimum atomic E-state index is -0.338. The summed E-state index contributed by atoms with van der Waals surface area (Å²) in [4.78, 5) is 27.9. The fourth-order valence-electron chi connectivity index (χ4n) is 3.51. The third kappa shape index (κ3) is 5.14. The van der Waals surface area contributed by atoms with Gasteiger partial charge in [0.1, 0.15) is 11.4 Å². The molecular weight excluding hydrogens is 392 g/mol. The molecule has 6 nitrogen and oxygen atoms in total. The molecule has 0 saturated carbocycles. The number of para-hydroxylation sites is 1. The topological polar surface area (TPSA) is 67.9 Å². The molecular formula is C25H30N2O4. The van der Waals surface area contributed by atoms with E-state index < -0.39 is 0 Å². The van der Waals surface area contributed by atoms with Crippen LogP contribution in [0.25, 0.3) is 5.57 Å². The molecule has 2 aromatic rings. The summed E-state index contributed by atoms with van der Waals surface area (Å²) in [5.41, 5.74) is 3.14. The van der Waals surface area contributed by atoms with Gasteiger partial charge in [-0.15, -0.1) is 0 Å². The van der Waals surface area contributed by atoms with E-state index in [9.17, 15) is 9.59 Å². The first-order valence-electron chi connectivity index (χ1n) is 10.7. The van der Waals surface area contributed by atoms with Crippen LogP contribution >= 0.6 is 0 Å². The number of carbonyl (C=O) groups is 2. The van der Waals surface area contributed by atoms with E-state index in [2.05, 4.69) is 12.2 Å². The normalized spacial score (nSPS) is 14.0. The lowest BCUT2D eigenvalue weighted by atomic mass is 10.0. The quantitative estimate of drug-likeness (QED) is 0.458. The van der Waals surface area contributed by atoms with Crippen molar-refractivity contribution in [2.24, 2.45) is 0 Å². The molecule has 0 spiro atoms. The average molecular weight is 423 g/mol. The summed E-state index contributed by atoms with van der Waals surface area (Å²) in [6, 6.07) is 15.1. The molecule has 6 heteroatoms. The third-order valence-electron chi connectivity index (χ3n) is 5.15. The minimum absolute atomic E-state index is 0.107. The van der Waals surface area contributed by atoms with Gasteiger partial charge >= 0.3 is 0 Å². The Labute approximate surface area is 183 Å². The largest absolute Gasteiger partial charge is 0.496 e. The first kappa shape index (κ1) is 22.6. The Kier molecular flexibility index (Phi) is 7.47. The maximum absolute atomic E-state index is 13.3. The molecule has 0 saturated heterocycles. The van der Waals surface area contributed by atoms with Gasteiger partial charge in [0.25, 0.3) is 11.8 Å². The molecule has 31 heavy (non-hydrogen) atoms. The zero-order valence-corrected chi connectivity index (χ0v) is 18.6. The van der Waals surface area contributed by atoms with Crippen molar-refractivity contribution in [2.75, 3.05) is 25.6 Å². The number of nitrogens with one attached hydrogen (secondary N) is 1. The highest BCUT2D eigenvalue weighted by molar-refractivity contribution is 6.37. The van der Waals surface area contributed by atoms with Gasteiger partial charge in [-0.25, -0.2) is 0 Å². The number of nitrogens with zero attached hydrogens (tertiary/aromatic N) is 1. The summed E-state index contributed by atoms with van der Waals surface area (Å²) in [5.74, 6) is -0.119. The maximum atomic E-state index is 13.3. The molecule has 1 aliphatic rings. The molecule has 3 rings (SSSR count). The van der Waals surface area contributed by atoms with Crippen LogP contribution in [0.4, 0.5) is 5.69 Å². The van der Waals surface area contributed by atoms with Crippen LogP contribution in [0.3, 0.4) is 0 Å². The number of benzene rings is 2. The molecule has 0 aliphatic carbocycles. The maximum Gasteiger partial charge on any atom is 0.278 e. The van der Waals surface area contributed by atoms with Crippen LogP contribution in [0, 0.1) is 0 Å². The Morgan fingerprint density at radius 1 is 1.00 bits per heavy atom. The highest BCUT2D eigenvalue weighted by Crippen LogP contribution is 2.35. The van der Waals surface area contributed by atoms with Gasteiger partial charge in [-0.3, -0.25) is 14.5 Å². The van der Waals surface area contributed by atoms with Crippen LogP contribution in [0.15, 0.2) is 54.2 Å². The lowest BCUT2D eigenvalue weighted by Gasteiger charge is -2.16. The highest BCUT2D eigenvalue weighted by Gasteiger charge is 2.39. The predicted octanol–water partition coefficient (Wildman–Crippen LogP) is 4.26. The number of ether oxygens (including phenoxy) is 2. The molecule has 0 fully saturated rings. The second-order valence-electron chi connectivity index (χ2n) is 7.66. The van der Waals surface area contributed by atoms with Crippen LogP contribution < -0.4 is 10.1 Å². The summed E-state index contributed by atoms with van der Waals surface area (Å²) in [7, 11) is 1.55. The van der Waals surface area contributed by atoms with Gasteiger partial charge in [-0.05, 0) is 50.5 Å². The van der Waals surface area contributed by atoms with Crippen LogP contribution in [0.2, 0.25) is 0 Å². The molecule has 1 aliphatic heterocycles. The zero-order valence-electron chi connectivity index (χ0n) is 18.6. The number of anilines is 1. The van der Waals surface area contributed by atoms with Crippen molar-refractivity contribution in [2.45, 2.75) is 39.7 Å². The van der Waals surface area contributed by atoms with Gasteiger partial charge in [-0.1, -0.05) is 37.3 Å². The standard InChI is InChI=1S/C25H30N2O4/c1-5-18-11-13-19(14-12-18)26-23-22(20-9-6-7-10-21(20)30-4)24(28)27(25(23)29)15-8-16-31-17(2)3/h6-7,9-14,17,26H,5,8,15-16H2,1-4H3.